The summed E-state index contributed by atoms with van der Waals surface area (Å²) in [4.78, 5) is 23.5. The Balaban J connectivity index is 1.93. The maximum absolute atomic E-state index is 12.9. The molecule has 0 heterocycles. The Morgan fingerprint density at radius 2 is 1.95 bits per heavy atom. The van der Waals surface area contributed by atoms with E-state index in [4.69, 9.17) is 10.5 Å². The Labute approximate surface area is 134 Å². The first-order chi connectivity index (χ1) is 10.5. The van der Waals surface area contributed by atoms with E-state index in [-0.39, 0.29) is 11.3 Å². The van der Waals surface area contributed by atoms with Crippen molar-refractivity contribution in [1.82, 2.24) is 0 Å². The van der Waals surface area contributed by atoms with Crippen LogP contribution in [0.5, 0.6) is 0 Å². The SMILES string of the molecule is Nc1cc(F)ccc1C(=O)OCC(=O)Nc1ccccc1Br. The molecular formula is C15H12BrFN2O3. The fourth-order valence-corrected chi connectivity index (χ4v) is 2.06. The van der Waals surface area contributed by atoms with Crippen LogP contribution in [0.3, 0.4) is 0 Å². The van der Waals surface area contributed by atoms with Crippen molar-refractivity contribution in [2.24, 2.45) is 0 Å². The van der Waals surface area contributed by atoms with E-state index in [9.17, 15) is 14.0 Å². The first-order valence-electron chi connectivity index (χ1n) is 6.24. The summed E-state index contributed by atoms with van der Waals surface area (Å²) in [6.07, 6.45) is 0. The lowest BCUT2D eigenvalue weighted by atomic mass is 10.2. The molecule has 22 heavy (non-hydrogen) atoms. The van der Waals surface area contributed by atoms with Crippen LogP contribution in [0.2, 0.25) is 0 Å². The quantitative estimate of drug-likeness (QED) is 0.643. The molecule has 7 heteroatoms. The van der Waals surface area contributed by atoms with E-state index in [1.165, 1.54) is 6.07 Å². The van der Waals surface area contributed by atoms with Crippen LogP contribution in [0.1, 0.15) is 10.4 Å². The molecule has 0 saturated heterocycles. The van der Waals surface area contributed by atoms with Crippen LogP contribution in [-0.2, 0) is 9.53 Å². The summed E-state index contributed by atoms with van der Waals surface area (Å²) in [5, 5.41) is 2.59. The van der Waals surface area contributed by atoms with Crippen LogP contribution in [0.25, 0.3) is 0 Å². The monoisotopic (exact) mass is 366 g/mol. The minimum Gasteiger partial charge on any atom is -0.452 e. The highest BCUT2D eigenvalue weighted by atomic mass is 79.9. The molecule has 0 spiro atoms. The molecule has 114 valence electrons. The number of nitrogens with one attached hydrogen (secondary N) is 1. The molecule has 0 saturated carbocycles. The third kappa shape index (κ3) is 4.05. The largest absolute Gasteiger partial charge is 0.452 e. The van der Waals surface area contributed by atoms with Crippen LogP contribution in [0, 0.1) is 5.82 Å². The number of carbonyl (C=O) groups is 2. The highest BCUT2D eigenvalue weighted by Crippen LogP contribution is 2.21. The van der Waals surface area contributed by atoms with Crippen molar-refractivity contribution in [2.45, 2.75) is 0 Å². The number of ether oxygens (including phenoxy) is 1. The molecule has 2 aromatic carbocycles. The van der Waals surface area contributed by atoms with Gasteiger partial charge >= 0.3 is 5.97 Å². The summed E-state index contributed by atoms with van der Waals surface area (Å²) in [6.45, 7) is -0.475. The van der Waals surface area contributed by atoms with E-state index >= 15 is 0 Å². The van der Waals surface area contributed by atoms with Crippen molar-refractivity contribution in [1.29, 1.82) is 0 Å². The molecule has 0 atom stereocenters. The van der Waals surface area contributed by atoms with Crippen LogP contribution in [0.15, 0.2) is 46.9 Å². The molecule has 0 unspecified atom stereocenters. The van der Waals surface area contributed by atoms with Gasteiger partial charge in [-0.15, -0.1) is 0 Å². The first kappa shape index (κ1) is 16.0. The molecule has 5 nitrogen and oxygen atoms in total. The van der Waals surface area contributed by atoms with Gasteiger partial charge in [-0.25, -0.2) is 9.18 Å². The highest BCUT2D eigenvalue weighted by molar-refractivity contribution is 9.10. The van der Waals surface area contributed by atoms with Gasteiger partial charge in [-0.05, 0) is 46.3 Å². The zero-order chi connectivity index (χ0) is 16.1. The van der Waals surface area contributed by atoms with Crippen molar-refractivity contribution in [2.75, 3.05) is 17.7 Å². The summed E-state index contributed by atoms with van der Waals surface area (Å²) in [5.41, 5.74) is 6.05. The van der Waals surface area contributed by atoms with Crippen molar-refractivity contribution >= 4 is 39.2 Å². The predicted octanol–water partition coefficient (Wildman–Crippen LogP) is 2.97. The second kappa shape index (κ2) is 7.04. The van der Waals surface area contributed by atoms with Gasteiger partial charge in [0.1, 0.15) is 5.82 Å². The summed E-state index contributed by atoms with van der Waals surface area (Å²) in [6, 6.07) is 10.3. The zero-order valence-electron chi connectivity index (χ0n) is 11.3. The maximum Gasteiger partial charge on any atom is 0.340 e. The molecule has 1 amide bonds. The zero-order valence-corrected chi connectivity index (χ0v) is 12.9. The number of hydrogen-bond donors (Lipinski definition) is 2. The number of benzene rings is 2. The Kier molecular flexibility index (Phi) is 5.11. The third-order valence-electron chi connectivity index (χ3n) is 2.72. The average molecular weight is 367 g/mol. The number of carbonyl (C=O) groups excluding carboxylic acids is 2. The number of halogens is 2. The van der Waals surface area contributed by atoms with Gasteiger partial charge in [0, 0.05) is 10.2 Å². The van der Waals surface area contributed by atoms with Crippen LogP contribution in [0.4, 0.5) is 15.8 Å². The molecule has 0 radical (unpaired) electrons. The Bertz CT molecular complexity index is 722. The summed E-state index contributed by atoms with van der Waals surface area (Å²) in [7, 11) is 0. The number of rotatable bonds is 4. The molecule has 0 aliphatic heterocycles. The second-order valence-corrected chi connectivity index (χ2v) is 5.19. The first-order valence-corrected chi connectivity index (χ1v) is 7.03. The van der Waals surface area contributed by atoms with Crippen molar-refractivity contribution in [3.63, 3.8) is 0 Å². The van der Waals surface area contributed by atoms with Gasteiger partial charge in [0.05, 0.1) is 11.3 Å². The minimum atomic E-state index is -0.792. The Morgan fingerprint density at radius 3 is 2.64 bits per heavy atom. The molecule has 0 aliphatic rings. The molecule has 0 aromatic heterocycles. The average Bonchev–Trinajstić information content (AvgIpc) is 2.47. The lowest BCUT2D eigenvalue weighted by molar-refractivity contribution is -0.119. The van der Waals surface area contributed by atoms with Gasteiger partial charge in [-0.2, -0.15) is 0 Å². The number of nitrogen functional groups attached to an aromatic ring is 1. The molecule has 2 aromatic rings. The Hall–Kier alpha value is -2.41. The second-order valence-electron chi connectivity index (χ2n) is 4.34. The van der Waals surface area contributed by atoms with Crippen LogP contribution >= 0.6 is 15.9 Å². The van der Waals surface area contributed by atoms with Gasteiger partial charge in [-0.1, -0.05) is 12.1 Å². The standard InChI is InChI=1S/C15H12BrFN2O3/c16-11-3-1-2-4-13(11)19-14(20)8-22-15(21)10-6-5-9(17)7-12(10)18/h1-7H,8,18H2,(H,19,20). The van der Waals surface area contributed by atoms with Gasteiger partial charge in [0.25, 0.3) is 5.91 Å². The van der Waals surface area contributed by atoms with E-state index in [0.717, 1.165) is 12.1 Å². The van der Waals surface area contributed by atoms with E-state index in [1.807, 2.05) is 0 Å². The molecular weight excluding hydrogens is 355 g/mol. The topological polar surface area (TPSA) is 81.4 Å². The summed E-state index contributed by atoms with van der Waals surface area (Å²) < 4.78 is 18.5. The van der Waals surface area contributed by atoms with E-state index in [0.29, 0.717) is 10.2 Å². The number of para-hydroxylation sites is 1. The lowest BCUT2D eigenvalue weighted by Crippen LogP contribution is -2.21. The highest BCUT2D eigenvalue weighted by Gasteiger charge is 2.14. The van der Waals surface area contributed by atoms with Crippen LogP contribution in [-0.4, -0.2) is 18.5 Å². The molecule has 0 fully saturated rings. The summed E-state index contributed by atoms with van der Waals surface area (Å²) in [5.74, 6) is -1.85. The molecule has 2 rings (SSSR count). The lowest BCUT2D eigenvalue weighted by Gasteiger charge is -2.09. The van der Waals surface area contributed by atoms with Gasteiger partial charge < -0.3 is 15.8 Å². The van der Waals surface area contributed by atoms with Crippen LogP contribution < -0.4 is 11.1 Å². The molecule has 0 aliphatic carbocycles. The van der Waals surface area contributed by atoms with E-state index < -0.39 is 24.3 Å². The minimum absolute atomic E-state index is 0.00934. The van der Waals surface area contributed by atoms with Crippen molar-refractivity contribution in [3.05, 3.63) is 58.3 Å². The van der Waals surface area contributed by atoms with Gasteiger partial charge in [0.2, 0.25) is 0 Å². The number of hydrogen-bond acceptors (Lipinski definition) is 4. The fraction of sp³-hybridized carbons (Fsp3) is 0.0667. The molecule has 0 bridgehead atoms. The normalized spacial score (nSPS) is 10.1. The third-order valence-corrected chi connectivity index (χ3v) is 3.41. The smallest absolute Gasteiger partial charge is 0.340 e. The fourth-order valence-electron chi connectivity index (χ4n) is 1.68. The van der Waals surface area contributed by atoms with E-state index in [1.54, 1.807) is 24.3 Å². The number of anilines is 2. The van der Waals surface area contributed by atoms with Gasteiger partial charge in [0.15, 0.2) is 6.61 Å². The number of nitrogens with two attached hydrogens (primary N) is 1. The Morgan fingerprint density at radius 1 is 1.23 bits per heavy atom. The predicted molar refractivity (Wildman–Crippen MR) is 83.9 cm³/mol. The van der Waals surface area contributed by atoms with E-state index in [2.05, 4.69) is 21.2 Å². The number of amides is 1. The number of esters is 1. The van der Waals surface area contributed by atoms with Gasteiger partial charge in [-0.3, -0.25) is 4.79 Å². The molecule has 3 N–H and O–H groups in total. The maximum atomic E-state index is 12.9. The van der Waals surface area contributed by atoms with Crippen molar-refractivity contribution in [3.8, 4) is 0 Å². The summed E-state index contributed by atoms with van der Waals surface area (Å²) >= 11 is 3.28. The van der Waals surface area contributed by atoms with Crippen molar-refractivity contribution < 1.29 is 18.7 Å².